The van der Waals surface area contributed by atoms with Gasteiger partial charge in [0.05, 0.1) is 12.1 Å². The molecule has 0 aliphatic carbocycles. The summed E-state index contributed by atoms with van der Waals surface area (Å²) in [6.45, 7) is 2.19. The van der Waals surface area contributed by atoms with Gasteiger partial charge in [-0.15, -0.1) is 0 Å². The Hall–Kier alpha value is -1.20. The maximum Gasteiger partial charge on any atom is 0.239 e. The molecule has 100 valence electrons. The molecule has 0 aliphatic rings. The number of rotatable bonds is 7. The van der Waals surface area contributed by atoms with E-state index in [-0.39, 0.29) is 19.0 Å². The fourth-order valence-electron chi connectivity index (χ4n) is 1.45. The van der Waals surface area contributed by atoms with Gasteiger partial charge in [-0.2, -0.15) is 11.8 Å². The minimum absolute atomic E-state index is 0.125. The Labute approximate surface area is 112 Å². The van der Waals surface area contributed by atoms with Crippen LogP contribution in [0, 0.1) is 0 Å². The fraction of sp³-hybridized carbons (Fsp3) is 0.462. The van der Waals surface area contributed by atoms with Gasteiger partial charge in [0.25, 0.3) is 0 Å². The second-order valence-corrected chi connectivity index (χ2v) is 5.29. The Morgan fingerprint density at radius 2 is 2.06 bits per heavy atom. The summed E-state index contributed by atoms with van der Waals surface area (Å²) >= 11 is 1.55. The van der Waals surface area contributed by atoms with Gasteiger partial charge in [-0.25, -0.2) is 0 Å². The number of amides is 1. The third-order valence-electron chi connectivity index (χ3n) is 2.35. The molecule has 1 atom stereocenters. The average Bonchev–Trinajstić information content (AvgIpc) is 2.35. The van der Waals surface area contributed by atoms with Crippen LogP contribution in [0.15, 0.2) is 30.3 Å². The smallest absolute Gasteiger partial charge is 0.239 e. The SMILES string of the molecule is CSCC(C)(O)CNC(=O)CNc1ccccc1. The highest BCUT2D eigenvalue weighted by molar-refractivity contribution is 7.98. The lowest BCUT2D eigenvalue weighted by atomic mass is 10.1. The van der Waals surface area contributed by atoms with E-state index in [1.807, 2.05) is 36.6 Å². The first-order chi connectivity index (χ1) is 8.53. The van der Waals surface area contributed by atoms with E-state index >= 15 is 0 Å². The van der Waals surface area contributed by atoms with E-state index in [0.29, 0.717) is 5.75 Å². The molecule has 3 N–H and O–H groups in total. The molecule has 0 spiro atoms. The summed E-state index contributed by atoms with van der Waals surface area (Å²) in [5.74, 6) is 0.472. The summed E-state index contributed by atoms with van der Waals surface area (Å²) in [7, 11) is 0. The molecule has 5 heteroatoms. The van der Waals surface area contributed by atoms with Gasteiger partial charge < -0.3 is 15.7 Å². The zero-order valence-electron chi connectivity index (χ0n) is 10.8. The molecule has 1 rings (SSSR count). The van der Waals surface area contributed by atoms with E-state index < -0.39 is 5.60 Å². The normalized spacial score (nSPS) is 13.7. The minimum atomic E-state index is -0.859. The molecule has 1 amide bonds. The van der Waals surface area contributed by atoms with Crippen LogP contribution < -0.4 is 10.6 Å². The van der Waals surface area contributed by atoms with E-state index in [9.17, 15) is 9.90 Å². The zero-order valence-corrected chi connectivity index (χ0v) is 11.6. The Morgan fingerprint density at radius 3 is 2.67 bits per heavy atom. The Morgan fingerprint density at radius 1 is 1.39 bits per heavy atom. The molecule has 1 unspecified atom stereocenters. The summed E-state index contributed by atoms with van der Waals surface area (Å²) in [4.78, 5) is 11.6. The molecular weight excluding hydrogens is 248 g/mol. The van der Waals surface area contributed by atoms with Gasteiger partial charge in [0.2, 0.25) is 5.91 Å². The molecule has 0 radical (unpaired) electrons. The van der Waals surface area contributed by atoms with Gasteiger partial charge in [0, 0.05) is 18.0 Å². The van der Waals surface area contributed by atoms with Crippen molar-refractivity contribution >= 4 is 23.4 Å². The van der Waals surface area contributed by atoms with Crippen molar-refractivity contribution in [2.45, 2.75) is 12.5 Å². The van der Waals surface area contributed by atoms with Crippen LogP contribution in [0.2, 0.25) is 0 Å². The van der Waals surface area contributed by atoms with Crippen LogP contribution in [0.3, 0.4) is 0 Å². The third-order valence-corrected chi connectivity index (χ3v) is 3.26. The van der Waals surface area contributed by atoms with Gasteiger partial charge in [-0.3, -0.25) is 4.79 Å². The van der Waals surface area contributed by atoms with Crippen LogP contribution in [0.4, 0.5) is 5.69 Å². The highest BCUT2D eigenvalue weighted by Gasteiger charge is 2.20. The van der Waals surface area contributed by atoms with Gasteiger partial charge in [0.15, 0.2) is 0 Å². The minimum Gasteiger partial charge on any atom is -0.387 e. The molecule has 4 nitrogen and oxygen atoms in total. The third kappa shape index (κ3) is 5.93. The Balaban J connectivity index is 2.26. The fourth-order valence-corrected chi connectivity index (χ4v) is 2.18. The number of hydrogen-bond acceptors (Lipinski definition) is 4. The Kier molecular flexibility index (Phi) is 6.01. The molecule has 0 bridgehead atoms. The summed E-state index contributed by atoms with van der Waals surface area (Å²) in [6, 6.07) is 9.53. The average molecular weight is 268 g/mol. The van der Waals surface area contributed by atoms with E-state index in [0.717, 1.165) is 5.69 Å². The van der Waals surface area contributed by atoms with Crippen molar-refractivity contribution in [3.63, 3.8) is 0 Å². The largest absolute Gasteiger partial charge is 0.387 e. The quantitative estimate of drug-likeness (QED) is 0.698. The van der Waals surface area contributed by atoms with Crippen LogP contribution in [0.5, 0.6) is 0 Å². The number of carbonyl (C=O) groups is 1. The maximum atomic E-state index is 11.6. The molecule has 0 aromatic heterocycles. The molecule has 0 heterocycles. The number of para-hydroxylation sites is 1. The summed E-state index contributed by atoms with van der Waals surface area (Å²) in [5.41, 5.74) is 0.0467. The van der Waals surface area contributed by atoms with Crippen molar-refractivity contribution in [3.05, 3.63) is 30.3 Å². The molecule has 18 heavy (non-hydrogen) atoms. The molecule has 0 fully saturated rings. The van der Waals surface area contributed by atoms with Gasteiger partial charge in [0.1, 0.15) is 0 Å². The number of thioether (sulfide) groups is 1. The van der Waals surface area contributed by atoms with Crippen LogP contribution in [0.1, 0.15) is 6.92 Å². The van der Waals surface area contributed by atoms with Crippen molar-refractivity contribution in [1.82, 2.24) is 5.32 Å². The van der Waals surface area contributed by atoms with Gasteiger partial charge >= 0.3 is 0 Å². The summed E-state index contributed by atoms with van der Waals surface area (Å²) in [6.07, 6.45) is 1.92. The monoisotopic (exact) mass is 268 g/mol. The first-order valence-electron chi connectivity index (χ1n) is 5.80. The molecule has 0 saturated carbocycles. The standard InChI is InChI=1S/C13H20N2O2S/c1-13(17,10-18-2)9-15-12(16)8-14-11-6-4-3-5-7-11/h3-7,14,17H,8-10H2,1-2H3,(H,15,16). The van der Waals surface area contributed by atoms with Crippen LogP contribution >= 0.6 is 11.8 Å². The van der Waals surface area contributed by atoms with Gasteiger partial charge in [-0.05, 0) is 25.3 Å². The van der Waals surface area contributed by atoms with Crippen molar-refractivity contribution in [2.24, 2.45) is 0 Å². The highest BCUT2D eigenvalue weighted by Crippen LogP contribution is 2.09. The second kappa shape index (κ2) is 7.28. The summed E-state index contributed by atoms with van der Waals surface area (Å²) < 4.78 is 0. The van der Waals surface area contributed by atoms with Gasteiger partial charge in [-0.1, -0.05) is 18.2 Å². The number of nitrogens with one attached hydrogen (secondary N) is 2. The van der Waals surface area contributed by atoms with Crippen molar-refractivity contribution < 1.29 is 9.90 Å². The lowest BCUT2D eigenvalue weighted by Gasteiger charge is -2.22. The molecule has 1 aromatic rings. The van der Waals surface area contributed by atoms with Crippen molar-refractivity contribution in [1.29, 1.82) is 0 Å². The topological polar surface area (TPSA) is 61.4 Å². The number of hydrogen-bond donors (Lipinski definition) is 3. The highest BCUT2D eigenvalue weighted by atomic mass is 32.2. The number of anilines is 1. The summed E-state index contributed by atoms with van der Waals surface area (Å²) in [5, 5.41) is 15.6. The van der Waals surface area contributed by atoms with Crippen LogP contribution in [0.25, 0.3) is 0 Å². The van der Waals surface area contributed by atoms with E-state index in [1.165, 1.54) is 0 Å². The first-order valence-corrected chi connectivity index (χ1v) is 7.20. The van der Waals surface area contributed by atoms with Crippen LogP contribution in [-0.4, -0.2) is 41.7 Å². The lowest BCUT2D eigenvalue weighted by Crippen LogP contribution is -2.44. The van der Waals surface area contributed by atoms with E-state index in [2.05, 4.69) is 10.6 Å². The zero-order chi connectivity index (χ0) is 13.4. The van der Waals surface area contributed by atoms with E-state index in [1.54, 1.807) is 18.7 Å². The first kappa shape index (κ1) is 14.9. The molecule has 1 aromatic carbocycles. The molecule has 0 aliphatic heterocycles. The number of carbonyl (C=O) groups excluding carboxylic acids is 1. The Bertz CT molecular complexity index is 369. The lowest BCUT2D eigenvalue weighted by molar-refractivity contribution is -0.120. The molecule has 0 saturated heterocycles. The second-order valence-electron chi connectivity index (χ2n) is 4.43. The predicted molar refractivity (Wildman–Crippen MR) is 76.9 cm³/mol. The number of aliphatic hydroxyl groups is 1. The van der Waals surface area contributed by atoms with Crippen LogP contribution in [-0.2, 0) is 4.79 Å². The van der Waals surface area contributed by atoms with Crippen molar-refractivity contribution in [2.75, 3.05) is 30.4 Å². The molecular formula is C13H20N2O2S. The van der Waals surface area contributed by atoms with E-state index in [4.69, 9.17) is 0 Å². The number of benzene rings is 1. The maximum absolute atomic E-state index is 11.6. The predicted octanol–water partition coefficient (Wildman–Crippen LogP) is 1.33. The van der Waals surface area contributed by atoms with Crippen molar-refractivity contribution in [3.8, 4) is 0 Å².